The standard InChI is InChI=1S/C10H21O5P.Na/c1-5-9(10(11)13-6-2)16(12,14-7-3)15-8-4;/h11H,5-8H2,1-4H3;/q;+1/p-1/b10-9+;. The largest absolute Gasteiger partial charge is 1.00 e. The van der Waals surface area contributed by atoms with Gasteiger partial charge in [-0.1, -0.05) is 13.8 Å². The van der Waals surface area contributed by atoms with Gasteiger partial charge in [-0.25, -0.2) is 0 Å². The molecule has 0 aromatic carbocycles. The van der Waals surface area contributed by atoms with Crippen molar-refractivity contribution in [3.8, 4) is 0 Å². The molecule has 0 aromatic heterocycles. The Morgan fingerprint density at radius 2 is 1.53 bits per heavy atom. The zero-order chi connectivity index (χ0) is 12.6. The fourth-order valence-corrected chi connectivity index (χ4v) is 2.94. The molecule has 0 aromatic rings. The molecule has 0 amide bonds. The molecule has 0 N–H and O–H groups in total. The molecule has 0 rings (SSSR count). The fraction of sp³-hybridized carbons (Fsp3) is 0.800. The summed E-state index contributed by atoms with van der Waals surface area (Å²) < 4.78 is 27.3. The minimum Gasteiger partial charge on any atom is -0.613 e. The van der Waals surface area contributed by atoms with E-state index in [4.69, 9.17) is 13.8 Å². The van der Waals surface area contributed by atoms with Crippen LogP contribution in [-0.4, -0.2) is 19.8 Å². The van der Waals surface area contributed by atoms with Crippen LogP contribution in [0.2, 0.25) is 0 Å². The first-order valence-corrected chi connectivity index (χ1v) is 7.02. The van der Waals surface area contributed by atoms with Crippen LogP contribution >= 0.6 is 7.60 Å². The van der Waals surface area contributed by atoms with Gasteiger partial charge in [-0.15, -0.1) is 0 Å². The summed E-state index contributed by atoms with van der Waals surface area (Å²) in [6.07, 6.45) is 0.288. The van der Waals surface area contributed by atoms with Crippen LogP contribution in [0.1, 0.15) is 34.1 Å². The van der Waals surface area contributed by atoms with Crippen LogP contribution in [0.25, 0.3) is 0 Å². The first-order valence-electron chi connectivity index (χ1n) is 5.48. The summed E-state index contributed by atoms with van der Waals surface area (Å²) in [6.45, 7) is 7.49. The molecule has 0 radical (unpaired) electrons. The quantitative estimate of drug-likeness (QED) is 0.330. The van der Waals surface area contributed by atoms with Crippen LogP contribution in [0, 0.1) is 0 Å². The third-order valence-corrected chi connectivity index (χ3v) is 4.13. The van der Waals surface area contributed by atoms with Crippen molar-refractivity contribution in [1.82, 2.24) is 0 Å². The van der Waals surface area contributed by atoms with Crippen LogP contribution in [0.15, 0.2) is 11.3 Å². The monoisotopic (exact) mass is 274 g/mol. The maximum absolute atomic E-state index is 12.3. The van der Waals surface area contributed by atoms with Gasteiger partial charge in [-0.05, 0) is 26.9 Å². The van der Waals surface area contributed by atoms with Gasteiger partial charge in [-0.2, -0.15) is 0 Å². The summed E-state index contributed by atoms with van der Waals surface area (Å²) in [5.74, 6) is -0.602. The van der Waals surface area contributed by atoms with Crippen molar-refractivity contribution in [1.29, 1.82) is 0 Å². The molecule has 0 aliphatic carbocycles. The smallest absolute Gasteiger partial charge is 0.613 e. The molecule has 0 spiro atoms. The molecule has 0 atom stereocenters. The molecule has 0 fully saturated rings. The molecule has 0 aliphatic rings. The number of allylic oxidation sites excluding steroid dienone is 1. The minimum atomic E-state index is -3.47. The van der Waals surface area contributed by atoms with E-state index < -0.39 is 13.5 Å². The topological polar surface area (TPSA) is 67.8 Å². The van der Waals surface area contributed by atoms with Crippen molar-refractivity contribution in [2.24, 2.45) is 0 Å². The molecule has 17 heavy (non-hydrogen) atoms. The van der Waals surface area contributed by atoms with Gasteiger partial charge in [0.2, 0.25) is 0 Å². The maximum atomic E-state index is 12.3. The number of rotatable bonds is 8. The Hall–Kier alpha value is 0.490. The van der Waals surface area contributed by atoms with Crippen LogP contribution in [0.3, 0.4) is 0 Å². The van der Waals surface area contributed by atoms with Crippen LogP contribution in [-0.2, 0) is 18.3 Å². The molecule has 7 heteroatoms. The molecular formula is C10H20NaO5P. The van der Waals surface area contributed by atoms with E-state index in [0.29, 0.717) is 0 Å². The van der Waals surface area contributed by atoms with Crippen molar-refractivity contribution < 1.29 is 53.0 Å². The molecule has 0 aliphatic heterocycles. The van der Waals surface area contributed by atoms with Crippen LogP contribution < -0.4 is 34.7 Å². The maximum Gasteiger partial charge on any atom is 1.00 e. The Morgan fingerprint density at radius 3 is 1.82 bits per heavy atom. The number of hydrogen-bond donors (Lipinski definition) is 0. The second-order valence-corrected chi connectivity index (χ2v) is 4.90. The molecule has 5 nitrogen and oxygen atoms in total. The van der Waals surface area contributed by atoms with Crippen molar-refractivity contribution in [3.05, 3.63) is 11.3 Å². The number of hydrogen-bond acceptors (Lipinski definition) is 5. The third kappa shape index (κ3) is 6.27. The Labute approximate surface area is 125 Å². The summed E-state index contributed by atoms with van der Waals surface area (Å²) in [5, 5.41) is 11.7. The molecular weight excluding hydrogens is 254 g/mol. The van der Waals surface area contributed by atoms with Crippen molar-refractivity contribution in [3.63, 3.8) is 0 Å². The van der Waals surface area contributed by atoms with E-state index >= 15 is 0 Å². The van der Waals surface area contributed by atoms with Gasteiger partial charge in [-0.3, -0.25) is 4.57 Å². The van der Waals surface area contributed by atoms with Crippen molar-refractivity contribution in [2.45, 2.75) is 34.1 Å². The van der Waals surface area contributed by atoms with Gasteiger partial charge in [0, 0.05) is 0 Å². The fourth-order valence-electron chi connectivity index (χ4n) is 1.20. The van der Waals surface area contributed by atoms with E-state index in [1.165, 1.54) is 0 Å². The first kappa shape index (κ1) is 19.8. The Bertz CT molecular complexity index is 270. The summed E-state index contributed by atoms with van der Waals surface area (Å²) in [6, 6.07) is 0. The molecule has 0 saturated heterocycles. The van der Waals surface area contributed by atoms with Crippen molar-refractivity contribution in [2.75, 3.05) is 19.8 Å². The van der Waals surface area contributed by atoms with E-state index in [-0.39, 0.29) is 61.1 Å². The SMILES string of the molecule is CCO/C([O-])=C(\CC)P(=O)(OCC)OCC.[Na+]. The van der Waals surface area contributed by atoms with E-state index in [1.807, 2.05) is 0 Å². The van der Waals surface area contributed by atoms with Gasteiger partial charge in [0.15, 0.2) is 0 Å². The summed E-state index contributed by atoms with van der Waals surface area (Å²) in [4.78, 5) is 0. The summed E-state index contributed by atoms with van der Waals surface area (Å²) >= 11 is 0. The summed E-state index contributed by atoms with van der Waals surface area (Å²) in [7, 11) is -3.47. The molecule has 96 valence electrons. The van der Waals surface area contributed by atoms with Gasteiger partial charge < -0.3 is 18.9 Å². The molecule has 0 unspecified atom stereocenters. The second kappa shape index (κ2) is 10.4. The predicted molar refractivity (Wildman–Crippen MR) is 59.8 cm³/mol. The zero-order valence-electron chi connectivity index (χ0n) is 11.3. The second-order valence-electron chi connectivity index (χ2n) is 2.85. The van der Waals surface area contributed by atoms with E-state index in [2.05, 4.69) is 0 Å². The zero-order valence-corrected chi connectivity index (χ0v) is 14.2. The van der Waals surface area contributed by atoms with Gasteiger partial charge >= 0.3 is 37.2 Å². The Balaban J connectivity index is 0. The van der Waals surface area contributed by atoms with E-state index in [0.717, 1.165) is 0 Å². The molecule has 0 heterocycles. The number of ether oxygens (including phenoxy) is 1. The predicted octanol–water partition coefficient (Wildman–Crippen LogP) is -0.768. The average Bonchev–Trinajstić information content (AvgIpc) is 2.19. The van der Waals surface area contributed by atoms with Crippen LogP contribution in [0.4, 0.5) is 0 Å². The third-order valence-electron chi connectivity index (χ3n) is 1.77. The first-order chi connectivity index (χ1) is 7.55. The summed E-state index contributed by atoms with van der Waals surface area (Å²) in [5.41, 5.74) is 0. The minimum absolute atomic E-state index is 0. The van der Waals surface area contributed by atoms with E-state index in [1.54, 1.807) is 27.7 Å². The normalized spacial score (nSPS) is 12.7. The molecule has 0 saturated carbocycles. The van der Waals surface area contributed by atoms with Crippen molar-refractivity contribution >= 4 is 7.60 Å². The Morgan fingerprint density at radius 1 is 1.06 bits per heavy atom. The van der Waals surface area contributed by atoms with Gasteiger partial charge in [0.1, 0.15) is 0 Å². The van der Waals surface area contributed by atoms with E-state index in [9.17, 15) is 9.67 Å². The average molecular weight is 274 g/mol. The van der Waals surface area contributed by atoms with Crippen LogP contribution in [0.5, 0.6) is 0 Å². The molecule has 0 bridgehead atoms. The van der Waals surface area contributed by atoms with Gasteiger partial charge in [0.25, 0.3) is 0 Å². The Kier molecular flexibility index (Phi) is 12.1. The van der Waals surface area contributed by atoms with Gasteiger partial charge in [0.05, 0.1) is 24.5 Å².